The molecule has 2 aromatic rings. The predicted octanol–water partition coefficient (Wildman–Crippen LogP) is 3.40. The monoisotopic (exact) mass is 185 g/mol. The van der Waals surface area contributed by atoms with Crippen molar-refractivity contribution in [3.63, 3.8) is 0 Å². The standard InChI is InChI=1S/C13H15N/c1-10-4-6-13(7-5-10)14-8-11(2)12(3)9-14/h4-9H,1-3H3. The third-order valence-electron chi connectivity index (χ3n) is 2.62. The van der Waals surface area contributed by atoms with Crippen molar-refractivity contribution >= 4 is 0 Å². The maximum absolute atomic E-state index is 2.17. The Bertz CT molecular complexity index is 415. The van der Waals surface area contributed by atoms with Gasteiger partial charge in [-0.3, -0.25) is 0 Å². The van der Waals surface area contributed by atoms with Crippen molar-refractivity contribution < 1.29 is 0 Å². The second-order valence-electron chi connectivity index (χ2n) is 3.87. The summed E-state index contributed by atoms with van der Waals surface area (Å²) in [6, 6.07) is 8.57. The highest BCUT2D eigenvalue weighted by Gasteiger charge is 1.99. The van der Waals surface area contributed by atoms with Gasteiger partial charge in [-0.25, -0.2) is 0 Å². The molecule has 72 valence electrons. The topological polar surface area (TPSA) is 4.93 Å². The van der Waals surface area contributed by atoms with Crippen LogP contribution in [0, 0.1) is 20.8 Å². The summed E-state index contributed by atoms with van der Waals surface area (Å²) in [4.78, 5) is 0. The molecule has 1 heteroatoms. The Labute approximate surface area is 85.0 Å². The van der Waals surface area contributed by atoms with Crippen molar-refractivity contribution in [2.45, 2.75) is 20.8 Å². The van der Waals surface area contributed by atoms with Crippen molar-refractivity contribution in [2.24, 2.45) is 0 Å². The second kappa shape index (κ2) is 3.33. The number of hydrogen-bond donors (Lipinski definition) is 0. The summed E-state index contributed by atoms with van der Waals surface area (Å²) in [5.41, 5.74) is 5.21. The Morgan fingerprint density at radius 3 is 1.79 bits per heavy atom. The summed E-state index contributed by atoms with van der Waals surface area (Å²) in [5, 5.41) is 0. The van der Waals surface area contributed by atoms with Crippen molar-refractivity contribution in [3.05, 3.63) is 53.3 Å². The molecule has 0 fully saturated rings. The lowest BCUT2D eigenvalue weighted by molar-refractivity contribution is 1.07. The molecule has 14 heavy (non-hydrogen) atoms. The first-order valence-electron chi connectivity index (χ1n) is 4.89. The Kier molecular flexibility index (Phi) is 2.16. The van der Waals surface area contributed by atoms with Crippen LogP contribution in [-0.2, 0) is 0 Å². The number of benzene rings is 1. The predicted molar refractivity (Wildman–Crippen MR) is 60.0 cm³/mol. The Morgan fingerprint density at radius 1 is 0.786 bits per heavy atom. The highest BCUT2D eigenvalue weighted by molar-refractivity contribution is 5.37. The average molecular weight is 185 g/mol. The summed E-state index contributed by atoms with van der Waals surface area (Å²) in [5.74, 6) is 0. The number of aromatic nitrogens is 1. The van der Waals surface area contributed by atoms with Gasteiger partial charge in [0, 0.05) is 18.1 Å². The van der Waals surface area contributed by atoms with Gasteiger partial charge in [0.05, 0.1) is 0 Å². The van der Waals surface area contributed by atoms with Crippen LogP contribution in [0.1, 0.15) is 16.7 Å². The van der Waals surface area contributed by atoms with E-state index in [-0.39, 0.29) is 0 Å². The molecule has 0 amide bonds. The minimum absolute atomic E-state index is 1.23. The van der Waals surface area contributed by atoms with Crippen LogP contribution in [-0.4, -0.2) is 4.57 Å². The van der Waals surface area contributed by atoms with E-state index in [1.165, 1.54) is 22.4 Å². The van der Waals surface area contributed by atoms with Crippen molar-refractivity contribution in [1.29, 1.82) is 0 Å². The fourth-order valence-electron chi connectivity index (χ4n) is 1.52. The van der Waals surface area contributed by atoms with Gasteiger partial charge in [-0.15, -0.1) is 0 Å². The van der Waals surface area contributed by atoms with Crippen molar-refractivity contribution in [1.82, 2.24) is 4.57 Å². The van der Waals surface area contributed by atoms with Gasteiger partial charge in [-0.2, -0.15) is 0 Å². The molecule has 1 aromatic heterocycles. The molecule has 0 aliphatic rings. The van der Waals surface area contributed by atoms with E-state index < -0.39 is 0 Å². The molecule has 0 atom stereocenters. The molecule has 0 unspecified atom stereocenters. The van der Waals surface area contributed by atoms with Crippen molar-refractivity contribution in [3.8, 4) is 5.69 Å². The zero-order valence-electron chi connectivity index (χ0n) is 8.91. The Balaban J connectivity index is 2.44. The molecule has 0 spiro atoms. The number of nitrogens with zero attached hydrogens (tertiary/aromatic N) is 1. The summed E-state index contributed by atoms with van der Waals surface area (Å²) in [6.07, 6.45) is 4.33. The fourth-order valence-corrected chi connectivity index (χ4v) is 1.52. The van der Waals surface area contributed by atoms with E-state index in [2.05, 4.69) is 62.0 Å². The van der Waals surface area contributed by atoms with E-state index >= 15 is 0 Å². The molecule has 1 aromatic carbocycles. The van der Waals surface area contributed by atoms with Gasteiger partial charge in [-0.05, 0) is 44.0 Å². The van der Waals surface area contributed by atoms with Gasteiger partial charge >= 0.3 is 0 Å². The van der Waals surface area contributed by atoms with Crippen LogP contribution in [0.4, 0.5) is 0 Å². The first-order chi connectivity index (χ1) is 6.66. The molecule has 0 radical (unpaired) electrons. The number of rotatable bonds is 1. The van der Waals surface area contributed by atoms with Gasteiger partial charge < -0.3 is 4.57 Å². The Morgan fingerprint density at radius 2 is 1.29 bits per heavy atom. The van der Waals surface area contributed by atoms with E-state index in [1.807, 2.05) is 0 Å². The normalized spacial score (nSPS) is 10.5. The maximum atomic E-state index is 2.17. The minimum atomic E-state index is 1.23. The molecule has 1 heterocycles. The Hall–Kier alpha value is -1.50. The van der Waals surface area contributed by atoms with Crippen LogP contribution in [0.2, 0.25) is 0 Å². The largest absolute Gasteiger partial charge is 0.323 e. The third kappa shape index (κ3) is 1.58. The molecular weight excluding hydrogens is 170 g/mol. The van der Waals surface area contributed by atoms with E-state index in [0.29, 0.717) is 0 Å². The zero-order chi connectivity index (χ0) is 10.1. The second-order valence-corrected chi connectivity index (χ2v) is 3.87. The average Bonchev–Trinajstić information content (AvgIpc) is 2.48. The van der Waals surface area contributed by atoms with Crippen LogP contribution in [0.5, 0.6) is 0 Å². The lowest BCUT2D eigenvalue weighted by Gasteiger charge is -2.02. The molecule has 0 saturated carbocycles. The van der Waals surface area contributed by atoms with E-state index in [0.717, 1.165) is 0 Å². The maximum Gasteiger partial charge on any atom is 0.0449 e. The van der Waals surface area contributed by atoms with E-state index in [1.54, 1.807) is 0 Å². The lowest BCUT2D eigenvalue weighted by Crippen LogP contribution is -1.88. The first-order valence-corrected chi connectivity index (χ1v) is 4.89. The van der Waals surface area contributed by atoms with Gasteiger partial charge in [0.1, 0.15) is 0 Å². The molecule has 1 nitrogen and oxygen atoms in total. The lowest BCUT2D eigenvalue weighted by atomic mass is 10.2. The van der Waals surface area contributed by atoms with Crippen LogP contribution in [0.15, 0.2) is 36.7 Å². The van der Waals surface area contributed by atoms with E-state index in [4.69, 9.17) is 0 Å². The SMILES string of the molecule is Cc1ccc(-n2cc(C)c(C)c2)cc1. The fraction of sp³-hybridized carbons (Fsp3) is 0.231. The highest BCUT2D eigenvalue weighted by Crippen LogP contribution is 2.14. The van der Waals surface area contributed by atoms with Gasteiger partial charge in [0.2, 0.25) is 0 Å². The summed E-state index contributed by atoms with van der Waals surface area (Å²) >= 11 is 0. The molecule has 0 aliphatic carbocycles. The van der Waals surface area contributed by atoms with Crippen LogP contribution >= 0.6 is 0 Å². The quantitative estimate of drug-likeness (QED) is 0.641. The number of hydrogen-bond acceptors (Lipinski definition) is 0. The van der Waals surface area contributed by atoms with Crippen LogP contribution in [0.3, 0.4) is 0 Å². The van der Waals surface area contributed by atoms with Crippen molar-refractivity contribution in [2.75, 3.05) is 0 Å². The van der Waals surface area contributed by atoms with Crippen LogP contribution < -0.4 is 0 Å². The number of aryl methyl sites for hydroxylation is 3. The summed E-state index contributed by atoms with van der Waals surface area (Å²) in [6.45, 7) is 6.38. The minimum Gasteiger partial charge on any atom is -0.323 e. The summed E-state index contributed by atoms with van der Waals surface area (Å²) < 4.78 is 2.17. The molecule has 2 rings (SSSR count). The molecule has 0 bridgehead atoms. The molecule has 0 aliphatic heterocycles. The van der Waals surface area contributed by atoms with Gasteiger partial charge in [-0.1, -0.05) is 17.7 Å². The smallest absolute Gasteiger partial charge is 0.0449 e. The van der Waals surface area contributed by atoms with Gasteiger partial charge in [0.25, 0.3) is 0 Å². The third-order valence-corrected chi connectivity index (χ3v) is 2.62. The van der Waals surface area contributed by atoms with E-state index in [9.17, 15) is 0 Å². The van der Waals surface area contributed by atoms with Crippen LogP contribution in [0.25, 0.3) is 5.69 Å². The molecular formula is C13H15N. The summed E-state index contributed by atoms with van der Waals surface area (Å²) in [7, 11) is 0. The molecule has 0 saturated heterocycles. The highest BCUT2D eigenvalue weighted by atomic mass is 14.9. The van der Waals surface area contributed by atoms with Gasteiger partial charge in [0.15, 0.2) is 0 Å². The molecule has 0 N–H and O–H groups in total. The zero-order valence-corrected chi connectivity index (χ0v) is 8.91. The first kappa shape index (κ1) is 9.07.